The van der Waals surface area contributed by atoms with Gasteiger partial charge in [-0.1, -0.05) is 0 Å². The molecule has 2 aliphatic heterocycles. The maximum Gasteiger partial charge on any atom is 0.345 e. The molecule has 0 spiro atoms. The van der Waals surface area contributed by atoms with E-state index in [1.807, 2.05) is 4.90 Å². The van der Waals surface area contributed by atoms with Crippen LogP contribution >= 0.6 is 0 Å². The Balaban J connectivity index is 1.46. The lowest BCUT2D eigenvalue weighted by molar-refractivity contribution is 0.0631. The lowest BCUT2D eigenvalue weighted by atomic mass is 10.1. The van der Waals surface area contributed by atoms with Crippen molar-refractivity contribution in [3.05, 3.63) is 34.2 Å². The first-order valence-electron chi connectivity index (χ1n) is 9.01. The first-order valence-corrected chi connectivity index (χ1v) is 9.01. The SMILES string of the molecule is Cc1ncoc1C(=O)N1[C@@H]2CC[C@H]1Cc1nn(CC3CC3)c(=O)n1C2. The summed E-state index contributed by atoms with van der Waals surface area (Å²) in [5.74, 6) is 1.61. The summed E-state index contributed by atoms with van der Waals surface area (Å²) in [7, 11) is 0. The highest BCUT2D eigenvalue weighted by Gasteiger charge is 2.43. The van der Waals surface area contributed by atoms with Gasteiger partial charge in [-0.05, 0) is 38.5 Å². The Morgan fingerprint density at radius 1 is 1.28 bits per heavy atom. The van der Waals surface area contributed by atoms with Crippen molar-refractivity contribution in [3.8, 4) is 0 Å². The van der Waals surface area contributed by atoms with E-state index in [-0.39, 0.29) is 23.7 Å². The van der Waals surface area contributed by atoms with Crippen LogP contribution in [0.1, 0.15) is 47.8 Å². The van der Waals surface area contributed by atoms with Crippen LogP contribution < -0.4 is 5.69 Å². The lowest BCUT2D eigenvalue weighted by Crippen LogP contribution is -2.43. The zero-order chi connectivity index (χ0) is 17.1. The van der Waals surface area contributed by atoms with Gasteiger partial charge in [0.05, 0.1) is 11.7 Å². The van der Waals surface area contributed by atoms with Crippen molar-refractivity contribution in [1.29, 1.82) is 0 Å². The van der Waals surface area contributed by atoms with Gasteiger partial charge in [0.15, 0.2) is 6.39 Å². The van der Waals surface area contributed by atoms with Gasteiger partial charge in [0, 0.05) is 25.6 Å². The second-order valence-electron chi connectivity index (χ2n) is 7.50. The predicted molar refractivity (Wildman–Crippen MR) is 87.1 cm³/mol. The first-order chi connectivity index (χ1) is 12.1. The Morgan fingerprint density at radius 3 is 2.80 bits per heavy atom. The van der Waals surface area contributed by atoms with Gasteiger partial charge in [0.25, 0.3) is 5.91 Å². The van der Waals surface area contributed by atoms with Crippen LogP contribution in [0.4, 0.5) is 0 Å². The average molecular weight is 343 g/mol. The van der Waals surface area contributed by atoms with E-state index < -0.39 is 0 Å². The quantitative estimate of drug-likeness (QED) is 0.829. The van der Waals surface area contributed by atoms with Crippen LogP contribution in [0.5, 0.6) is 0 Å². The van der Waals surface area contributed by atoms with E-state index in [0.29, 0.717) is 30.3 Å². The zero-order valence-electron chi connectivity index (χ0n) is 14.2. The molecule has 0 aromatic carbocycles. The van der Waals surface area contributed by atoms with Crippen LogP contribution in [0.25, 0.3) is 0 Å². The van der Waals surface area contributed by atoms with Crippen LogP contribution in [-0.4, -0.2) is 42.2 Å². The second kappa shape index (κ2) is 5.31. The summed E-state index contributed by atoms with van der Waals surface area (Å²) in [6.07, 6.45) is 6.17. The Hall–Kier alpha value is -2.38. The molecule has 0 N–H and O–H groups in total. The third-order valence-corrected chi connectivity index (χ3v) is 5.73. The monoisotopic (exact) mass is 343 g/mol. The molecule has 132 valence electrons. The number of rotatable bonds is 3. The van der Waals surface area contributed by atoms with Crippen LogP contribution in [0, 0.1) is 12.8 Å². The van der Waals surface area contributed by atoms with E-state index in [9.17, 15) is 9.59 Å². The van der Waals surface area contributed by atoms with Crippen LogP contribution in [0.3, 0.4) is 0 Å². The molecule has 25 heavy (non-hydrogen) atoms. The third-order valence-electron chi connectivity index (χ3n) is 5.73. The van der Waals surface area contributed by atoms with E-state index >= 15 is 0 Å². The largest absolute Gasteiger partial charge is 0.438 e. The van der Waals surface area contributed by atoms with E-state index in [4.69, 9.17) is 4.42 Å². The molecule has 4 heterocycles. The molecular formula is C17H21N5O3. The van der Waals surface area contributed by atoms with Crippen molar-refractivity contribution in [2.75, 3.05) is 0 Å². The molecule has 2 aromatic heterocycles. The number of oxazole rings is 1. The van der Waals surface area contributed by atoms with Crippen molar-refractivity contribution in [2.24, 2.45) is 5.92 Å². The summed E-state index contributed by atoms with van der Waals surface area (Å²) in [6.45, 7) is 3.03. The zero-order valence-corrected chi connectivity index (χ0v) is 14.2. The van der Waals surface area contributed by atoms with Gasteiger partial charge in [-0.2, -0.15) is 5.10 Å². The van der Waals surface area contributed by atoms with Crippen molar-refractivity contribution < 1.29 is 9.21 Å². The Kier molecular flexibility index (Phi) is 3.17. The van der Waals surface area contributed by atoms with Crippen LogP contribution in [0.2, 0.25) is 0 Å². The Labute approximate surface area is 144 Å². The van der Waals surface area contributed by atoms with Gasteiger partial charge in [0.1, 0.15) is 5.82 Å². The van der Waals surface area contributed by atoms with Gasteiger partial charge in [-0.15, -0.1) is 0 Å². The van der Waals surface area contributed by atoms with Gasteiger partial charge < -0.3 is 9.32 Å². The minimum atomic E-state index is -0.119. The predicted octanol–water partition coefficient (Wildman–Crippen LogP) is 0.981. The molecule has 1 saturated heterocycles. The molecule has 3 aliphatic rings. The number of fused-ring (bicyclic) bond motifs is 3. The van der Waals surface area contributed by atoms with Gasteiger partial charge >= 0.3 is 5.69 Å². The van der Waals surface area contributed by atoms with E-state index in [2.05, 4.69) is 10.1 Å². The molecule has 8 nitrogen and oxygen atoms in total. The fraction of sp³-hybridized carbons (Fsp3) is 0.647. The molecule has 2 fully saturated rings. The maximum absolute atomic E-state index is 13.0. The minimum absolute atomic E-state index is 0.0134. The summed E-state index contributed by atoms with van der Waals surface area (Å²) < 4.78 is 8.71. The highest BCUT2D eigenvalue weighted by molar-refractivity contribution is 5.93. The van der Waals surface area contributed by atoms with Gasteiger partial charge in [-0.3, -0.25) is 9.36 Å². The number of aromatic nitrogens is 4. The van der Waals surface area contributed by atoms with Crippen molar-refractivity contribution >= 4 is 5.91 Å². The number of hydrogen-bond acceptors (Lipinski definition) is 5. The molecule has 1 amide bonds. The van der Waals surface area contributed by atoms with E-state index in [1.165, 1.54) is 19.2 Å². The molecule has 1 aliphatic carbocycles. The molecule has 5 rings (SSSR count). The number of aryl methyl sites for hydroxylation is 1. The number of nitrogens with zero attached hydrogens (tertiary/aromatic N) is 5. The fourth-order valence-electron chi connectivity index (χ4n) is 4.20. The van der Waals surface area contributed by atoms with Crippen molar-refractivity contribution in [2.45, 2.75) is 64.2 Å². The van der Waals surface area contributed by atoms with E-state index in [0.717, 1.165) is 25.2 Å². The van der Waals surface area contributed by atoms with Crippen LogP contribution in [0.15, 0.2) is 15.6 Å². The number of carbonyl (C=O) groups is 1. The topological polar surface area (TPSA) is 86.2 Å². The Morgan fingerprint density at radius 2 is 2.08 bits per heavy atom. The summed E-state index contributed by atoms with van der Waals surface area (Å²) >= 11 is 0. The third kappa shape index (κ3) is 2.34. The summed E-state index contributed by atoms with van der Waals surface area (Å²) in [5, 5.41) is 4.58. The smallest absolute Gasteiger partial charge is 0.345 e. The summed E-state index contributed by atoms with van der Waals surface area (Å²) in [5.41, 5.74) is 0.580. The summed E-state index contributed by atoms with van der Waals surface area (Å²) in [4.78, 5) is 31.6. The molecule has 0 radical (unpaired) electrons. The maximum atomic E-state index is 13.0. The molecule has 2 atom stereocenters. The molecule has 2 bridgehead atoms. The van der Waals surface area contributed by atoms with Crippen molar-refractivity contribution in [1.82, 2.24) is 24.2 Å². The van der Waals surface area contributed by atoms with Crippen LogP contribution in [-0.2, 0) is 19.5 Å². The number of hydrogen-bond donors (Lipinski definition) is 0. The van der Waals surface area contributed by atoms with Gasteiger partial charge in [-0.25, -0.2) is 14.5 Å². The highest BCUT2D eigenvalue weighted by atomic mass is 16.3. The number of amides is 1. The molecule has 0 unspecified atom stereocenters. The summed E-state index contributed by atoms with van der Waals surface area (Å²) in [6, 6.07) is 0.0824. The Bertz CT molecular complexity index is 890. The van der Waals surface area contributed by atoms with Gasteiger partial charge in [0.2, 0.25) is 5.76 Å². The van der Waals surface area contributed by atoms with Crippen molar-refractivity contribution in [3.63, 3.8) is 0 Å². The molecular weight excluding hydrogens is 322 g/mol. The standard InChI is InChI=1S/C17H21N5O3/c1-10-15(25-9-18-10)16(23)22-12-4-5-13(22)8-20-14(6-12)19-21(17(20)24)7-11-2-3-11/h9,11-13H,2-8H2,1H3/t12-,13+/m0/s1. The normalized spacial score (nSPS) is 25.1. The average Bonchev–Trinajstić information content (AvgIpc) is 3.10. The minimum Gasteiger partial charge on any atom is -0.438 e. The lowest BCUT2D eigenvalue weighted by Gasteiger charge is -2.27. The molecule has 2 aromatic rings. The first kappa shape index (κ1) is 14.9. The fourth-order valence-corrected chi connectivity index (χ4v) is 4.20. The molecule has 1 saturated carbocycles. The highest BCUT2D eigenvalue weighted by Crippen LogP contribution is 2.33. The molecule has 8 heteroatoms. The van der Waals surface area contributed by atoms with E-state index in [1.54, 1.807) is 16.2 Å². The number of carbonyl (C=O) groups excluding carboxylic acids is 1. The second-order valence-corrected chi connectivity index (χ2v) is 7.50.